The van der Waals surface area contributed by atoms with Crippen molar-refractivity contribution < 1.29 is 13.2 Å². The molecule has 1 aromatic rings. The monoisotopic (exact) mass is 320 g/mol. The van der Waals surface area contributed by atoms with Crippen molar-refractivity contribution in [1.82, 2.24) is 0 Å². The molecule has 0 saturated heterocycles. The molecule has 0 fully saturated rings. The molecule has 0 bridgehead atoms. The first kappa shape index (κ1) is 17.5. The fourth-order valence-electron chi connectivity index (χ4n) is 1.82. The normalized spacial score (nSPS) is 13.2. The van der Waals surface area contributed by atoms with Crippen LogP contribution in [-0.4, -0.2) is 15.6 Å². The van der Waals surface area contributed by atoms with Crippen molar-refractivity contribution >= 4 is 28.2 Å². The first-order valence-electron chi connectivity index (χ1n) is 6.78. The Bertz CT molecular complexity index is 401. The van der Waals surface area contributed by atoms with Gasteiger partial charge in [0.05, 0.1) is 4.20 Å². The van der Waals surface area contributed by atoms with E-state index in [9.17, 15) is 13.2 Å². The van der Waals surface area contributed by atoms with Gasteiger partial charge in [-0.3, -0.25) is 0 Å². The Kier molecular flexibility index (Phi) is 7.59. The van der Waals surface area contributed by atoms with Crippen LogP contribution in [0, 0.1) is 0 Å². The highest BCUT2D eigenvalue weighted by atomic mass is 32.2. The summed E-state index contributed by atoms with van der Waals surface area (Å²) in [4.78, 5) is 0. The molecule has 0 aromatic heterocycles. The molecule has 0 N–H and O–H groups in total. The number of thioether (sulfide) groups is 1. The van der Waals surface area contributed by atoms with Gasteiger partial charge in [-0.15, -0.1) is 11.8 Å². The molecule has 0 unspecified atom stereocenters. The topological polar surface area (TPSA) is 0 Å². The van der Waals surface area contributed by atoms with Gasteiger partial charge in [-0.25, -0.2) is 0 Å². The van der Waals surface area contributed by atoms with E-state index < -0.39 is 11.4 Å². The maximum Gasteiger partial charge on any atom is 0.400 e. The third kappa shape index (κ3) is 6.27. The first-order chi connectivity index (χ1) is 9.45. The first-order valence-corrected chi connectivity index (χ1v) is 8.06. The van der Waals surface area contributed by atoms with Gasteiger partial charge in [-0.2, -0.15) is 13.2 Å². The Morgan fingerprint density at radius 2 is 1.80 bits per heavy atom. The summed E-state index contributed by atoms with van der Waals surface area (Å²) in [6.07, 6.45) is -0.606. The molecule has 0 amide bonds. The minimum Gasteiger partial charge on any atom is -0.170 e. The zero-order valence-electron chi connectivity index (χ0n) is 11.5. The molecule has 1 aromatic carbocycles. The SMILES string of the molecule is CCCCCC[C@H](SC(=S)c1ccccc1)C(F)(F)F. The third-order valence-electron chi connectivity index (χ3n) is 2.94. The van der Waals surface area contributed by atoms with Crippen molar-refractivity contribution in [2.75, 3.05) is 0 Å². The van der Waals surface area contributed by atoms with Gasteiger partial charge in [-0.1, -0.05) is 75.2 Å². The molecule has 0 aliphatic rings. The summed E-state index contributed by atoms with van der Waals surface area (Å²) in [6, 6.07) is 8.89. The molecule has 20 heavy (non-hydrogen) atoms. The van der Waals surface area contributed by atoms with E-state index in [4.69, 9.17) is 12.2 Å². The van der Waals surface area contributed by atoms with Crippen molar-refractivity contribution in [2.24, 2.45) is 0 Å². The number of thiocarbonyl (C=S) groups is 1. The molecule has 1 rings (SSSR count). The number of benzene rings is 1. The van der Waals surface area contributed by atoms with Crippen molar-refractivity contribution in [3.8, 4) is 0 Å². The van der Waals surface area contributed by atoms with Crippen LogP contribution >= 0.6 is 24.0 Å². The highest BCUT2D eigenvalue weighted by Crippen LogP contribution is 2.36. The van der Waals surface area contributed by atoms with E-state index in [2.05, 4.69) is 0 Å². The van der Waals surface area contributed by atoms with Crippen LogP contribution in [0.1, 0.15) is 44.6 Å². The third-order valence-corrected chi connectivity index (χ3v) is 4.71. The summed E-state index contributed by atoms with van der Waals surface area (Å²) in [5, 5.41) is -1.40. The van der Waals surface area contributed by atoms with Crippen molar-refractivity contribution in [2.45, 2.75) is 50.5 Å². The van der Waals surface area contributed by atoms with Crippen LogP contribution in [-0.2, 0) is 0 Å². The second-order valence-corrected chi connectivity index (χ2v) is 6.53. The maximum absolute atomic E-state index is 13.0. The Morgan fingerprint density at radius 1 is 1.15 bits per heavy atom. The molecule has 0 aliphatic carbocycles. The second kappa shape index (κ2) is 8.67. The average Bonchev–Trinajstić information content (AvgIpc) is 2.42. The summed E-state index contributed by atoms with van der Waals surface area (Å²) < 4.78 is 39.4. The largest absolute Gasteiger partial charge is 0.400 e. The van der Waals surface area contributed by atoms with Crippen molar-refractivity contribution in [3.05, 3.63) is 35.9 Å². The number of hydrogen-bond acceptors (Lipinski definition) is 2. The van der Waals surface area contributed by atoms with Crippen LogP contribution in [0.25, 0.3) is 0 Å². The van der Waals surface area contributed by atoms with Crippen molar-refractivity contribution in [1.29, 1.82) is 0 Å². The van der Waals surface area contributed by atoms with Gasteiger partial charge < -0.3 is 0 Å². The van der Waals surface area contributed by atoms with Gasteiger partial charge >= 0.3 is 6.18 Å². The van der Waals surface area contributed by atoms with E-state index in [1.165, 1.54) is 0 Å². The summed E-state index contributed by atoms with van der Waals surface area (Å²) in [5.41, 5.74) is 0.690. The van der Waals surface area contributed by atoms with Crippen LogP contribution in [0.15, 0.2) is 30.3 Å². The lowest BCUT2D eigenvalue weighted by Gasteiger charge is -2.20. The van der Waals surface area contributed by atoms with E-state index in [1.807, 2.05) is 13.0 Å². The molecular weight excluding hydrogens is 301 g/mol. The molecule has 0 nitrogen and oxygen atoms in total. The van der Waals surface area contributed by atoms with Gasteiger partial charge in [0, 0.05) is 0 Å². The maximum atomic E-state index is 13.0. The second-order valence-electron chi connectivity index (χ2n) is 4.65. The minimum atomic E-state index is -4.20. The standard InChI is InChI=1S/C15H19F3S2/c1-2-3-4-8-11-13(15(16,17)18)20-14(19)12-9-6-5-7-10-12/h5-7,9-10,13H,2-4,8,11H2,1H3/t13-/m0/s1. The summed E-state index contributed by atoms with van der Waals surface area (Å²) >= 11 is 5.90. The smallest absolute Gasteiger partial charge is 0.170 e. The molecule has 112 valence electrons. The molecular formula is C15H19F3S2. The van der Waals surface area contributed by atoms with E-state index >= 15 is 0 Å². The summed E-state index contributed by atoms with van der Waals surface area (Å²) in [6.45, 7) is 2.04. The minimum absolute atomic E-state index is 0.140. The lowest BCUT2D eigenvalue weighted by molar-refractivity contribution is -0.129. The average molecular weight is 320 g/mol. The quantitative estimate of drug-likeness (QED) is 0.446. The van der Waals surface area contributed by atoms with Crippen LogP contribution in [0.3, 0.4) is 0 Å². The Morgan fingerprint density at radius 3 is 2.35 bits per heavy atom. The molecule has 0 aliphatic heterocycles. The summed E-state index contributed by atoms with van der Waals surface area (Å²) in [7, 11) is 0. The molecule has 0 saturated carbocycles. The molecule has 0 spiro atoms. The lowest BCUT2D eigenvalue weighted by atomic mass is 10.1. The number of unbranched alkanes of at least 4 members (excludes halogenated alkanes) is 3. The Hall–Kier alpha value is -0.550. The number of alkyl halides is 3. The predicted octanol–water partition coefficient (Wildman–Crippen LogP) is 6.00. The highest BCUT2D eigenvalue weighted by Gasteiger charge is 2.40. The zero-order valence-corrected chi connectivity index (χ0v) is 13.1. The van der Waals surface area contributed by atoms with Gasteiger partial charge in [0.15, 0.2) is 0 Å². The van der Waals surface area contributed by atoms with Gasteiger partial charge in [0.1, 0.15) is 5.25 Å². The Labute approximate surface area is 128 Å². The molecule has 1 atom stereocenters. The number of halogens is 3. The Balaban J connectivity index is 2.59. The molecule has 5 heteroatoms. The van der Waals surface area contributed by atoms with Crippen molar-refractivity contribution in [3.63, 3.8) is 0 Å². The number of rotatable bonds is 7. The number of hydrogen-bond donors (Lipinski definition) is 0. The van der Waals surface area contributed by atoms with E-state index in [-0.39, 0.29) is 6.42 Å². The van der Waals surface area contributed by atoms with Crippen LogP contribution in [0.5, 0.6) is 0 Å². The molecule has 0 heterocycles. The molecule has 0 radical (unpaired) electrons. The van der Waals surface area contributed by atoms with Gasteiger partial charge in [0.25, 0.3) is 0 Å². The van der Waals surface area contributed by atoms with Gasteiger partial charge in [0.2, 0.25) is 0 Å². The fourth-order valence-corrected chi connectivity index (χ4v) is 3.25. The van der Waals surface area contributed by atoms with Gasteiger partial charge in [-0.05, 0) is 12.0 Å². The van der Waals surface area contributed by atoms with E-state index in [0.29, 0.717) is 16.2 Å². The van der Waals surface area contributed by atoms with Crippen LogP contribution in [0.2, 0.25) is 0 Å². The predicted molar refractivity (Wildman–Crippen MR) is 84.3 cm³/mol. The van der Waals surface area contributed by atoms with E-state index in [1.54, 1.807) is 24.3 Å². The van der Waals surface area contributed by atoms with Crippen LogP contribution in [0.4, 0.5) is 13.2 Å². The zero-order chi connectivity index (χ0) is 15.0. The summed E-state index contributed by atoms with van der Waals surface area (Å²) in [5.74, 6) is 0. The van der Waals surface area contributed by atoms with E-state index in [0.717, 1.165) is 31.0 Å². The fraction of sp³-hybridized carbons (Fsp3) is 0.533. The highest BCUT2D eigenvalue weighted by molar-refractivity contribution is 8.24. The lowest BCUT2D eigenvalue weighted by Crippen LogP contribution is -2.27. The van der Waals surface area contributed by atoms with Crippen LogP contribution < -0.4 is 0 Å².